The first kappa shape index (κ1) is 14.5. The second-order valence-corrected chi connectivity index (χ2v) is 2.27. The molecule has 0 aromatic carbocycles. The molecule has 94 valence electrons. The number of carbonyl (C=O) groups is 2. The molecule has 0 saturated heterocycles. The number of carbonyl (C=O) groups excluding carboxylic acids is 2. The predicted octanol–water partition coefficient (Wildman–Crippen LogP) is 1.20. The summed E-state index contributed by atoms with van der Waals surface area (Å²) >= 11 is 0. The SMILES string of the molecule is O=C(OCCOC(=O)C(F)(F)F)C(F)(F)F. The summed E-state index contributed by atoms with van der Waals surface area (Å²) in [6, 6.07) is 0. The summed E-state index contributed by atoms with van der Waals surface area (Å²) in [5.74, 6) is -5.15. The first-order valence-electron chi connectivity index (χ1n) is 3.53. The van der Waals surface area contributed by atoms with Gasteiger partial charge in [-0.1, -0.05) is 0 Å². The van der Waals surface area contributed by atoms with Crippen molar-refractivity contribution in [3.8, 4) is 0 Å². The van der Waals surface area contributed by atoms with Crippen molar-refractivity contribution in [3.05, 3.63) is 0 Å². The minimum absolute atomic E-state index is 1.11. The van der Waals surface area contributed by atoms with Crippen LogP contribution in [0.2, 0.25) is 0 Å². The van der Waals surface area contributed by atoms with Gasteiger partial charge >= 0.3 is 24.3 Å². The molecule has 0 aromatic heterocycles. The van der Waals surface area contributed by atoms with E-state index >= 15 is 0 Å². The molecule has 10 heteroatoms. The van der Waals surface area contributed by atoms with E-state index in [1.165, 1.54) is 0 Å². The third kappa shape index (κ3) is 5.41. The van der Waals surface area contributed by atoms with Crippen LogP contribution in [0, 0.1) is 0 Å². The number of esters is 2. The van der Waals surface area contributed by atoms with E-state index < -0.39 is 37.5 Å². The predicted molar refractivity (Wildman–Crippen MR) is 34.0 cm³/mol. The number of hydrogen-bond acceptors (Lipinski definition) is 4. The Kier molecular flexibility index (Phi) is 4.57. The third-order valence-corrected chi connectivity index (χ3v) is 1.01. The molecule has 0 aliphatic carbocycles. The average Bonchev–Trinajstić information content (AvgIpc) is 2.08. The number of halogens is 6. The van der Waals surface area contributed by atoms with Gasteiger partial charge in [-0.2, -0.15) is 26.3 Å². The van der Waals surface area contributed by atoms with Crippen molar-refractivity contribution < 1.29 is 45.4 Å². The first-order chi connectivity index (χ1) is 7.05. The topological polar surface area (TPSA) is 52.6 Å². The summed E-state index contributed by atoms with van der Waals surface area (Å²) in [7, 11) is 0. The maximum Gasteiger partial charge on any atom is 0.490 e. The Morgan fingerprint density at radius 1 is 0.750 bits per heavy atom. The lowest BCUT2D eigenvalue weighted by Gasteiger charge is -2.08. The summed E-state index contributed by atoms with van der Waals surface area (Å²) in [6.45, 7) is -2.22. The van der Waals surface area contributed by atoms with Crippen LogP contribution >= 0.6 is 0 Å². The highest BCUT2D eigenvalue weighted by molar-refractivity contribution is 5.76. The van der Waals surface area contributed by atoms with Gasteiger partial charge in [-0.25, -0.2) is 9.59 Å². The summed E-state index contributed by atoms with van der Waals surface area (Å²) in [5, 5.41) is 0. The Balaban J connectivity index is 3.79. The molecule has 0 aromatic rings. The lowest BCUT2D eigenvalue weighted by Crippen LogP contribution is -2.29. The fourth-order valence-corrected chi connectivity index (χ4v) is 0.432. The van der Waals surface area contributed by atoms with E-state index in [-0.39, 0.29) is 0 Å². The fourth-order valence-electron chi connectivity index (χ4n) is 0.432. The number of rotatable bonds is 3. The first-order valence-corrected chi connectivity index (χ1v) is 3.53. The molecule has 0 unspecified atom stereocenters. The highest BCUT2D eigenvalue weighted by Gasteiger charge is 2.42. The van der Waals surface area contributed by atoms with Gasteiger partial charge in [0.15, 0.2) is 0 Å². The molecule has 0 N–H and O–H groups in total. The molecule has 0 rings (SSSR count). The number of hydrogen-bond donors (Lipinski definition) is 0. The Morgan fingerprint density at radius 2 is 1.00 bits per heavy atom. The van der Waals surface area contributed by atoms with Crippen molar-refractivity contribution >= 4 is 11.9 Å². The molecule has 0 saturated carbocycles. The van der Waals surface area contributed by atoms with Crippen molar-refractivity contribution in [3.63, 3.8) is 0 Å². The molecule has 0 radical (unpaired) electrons. The molecule has 0 spiro atoms. The van der Waals surface area contributed by atoms with Crippen molar-refractivity contribution in [1.82, 2.24) is 0 Å². The number of ether oxygens (including phenoxy) is 2. The largest absolute Gasteiger partial charge is 0.490 e. The van der Waals surface area contributed by atoms with Gasteiger partial charge in [-0.15, -0.1) is 0 Å². The molecule has 0 atom stereocenters. The van der Waals surface area contributed by atoms with Crippen LogP contribution in [0.5, 0.6) is 0 Å². The van der Waals surface area contributed by atoms with Crippen LogP contribution < -0.4 is 0 Å². The highest BCUT2D eigenvalue weighted by Crippen LogP contribution is 2.17. The summed E-state index contributed by atoms with van der Waals surface area (Å²) < 4.78 is 75.7. The summed E-state index contributed by atoms with van der Waals surface area (Å²) in [6.07, 6.45) is -10.5. The molecule has 0 amide bonds. The van der Waals surface area contributed by atoms with E-state index in [9.17, 15) is 35.9 Å². The molecule has 16 heavy (non-hydrogen) atoms. The van der Waals surface area contributed by atoms with Crippen LogP contribution in [0.25, 0.3) is 0 Å². The van der Waals surface area contributed by atoms with Crippen LogP contribution in [-0.4, -0.2) is 37.5 Å². The fraction of sp³-hybridized carbons (Fsp3) is 0.667. The normalized spacial score (nSPS) is 12.1. The average molecular weight is 254 g/mol. The van der Waals surface area contributed by atoms with Gasteiger partial charge in [-0.3, -0.25) is 0 Å². The van der Waals surface area contributed by atoms with E-state index in [1.54, 1.807) is 0 Å². The maximum absolute atomic E-state index is 11.5. The van der Waals surface area contributed by atoms with E-state index in [2.05, 4.69) is 9.47 Å². The maximum atomic E-state index is 11.5. The Labute approximate surface area is 84.1 Å². The quantitative estimate of drug-likeness (QED) is 0.431. The van der Waals surface area contributed by atoms with Gasteiger partial charge in [0, 0.05) is 0 Å². The molecule has 0 bridgehead atoms. The molecular formula is C6H4F6O4. The molecule has 0 heterocycles. The zero-order valence-corrected chi connectivity index (χ0v) is 7.31. The van der Waals surface area contributed by atoms with E-state index in [0.717, 1.165) is 0 Å². The van der Waals surface area contributed by atoms with Crippen LogP contribution in [0.3, 0.4) is 0 Å². The zero-order valence-electron chi connectivity index (χ0n) is 7.31. The molecule has 4 nitrogen and oxygen atoms in total. The molecule has 0 aliphatic rings. The summed E-state index contributed by atoms with van der Waals surface area (Å²) in [5.41, 5.74) is 0. The minimum Gasteiger partial charge on any atom is -0.455 e. The smallest absolute Gasteiger partial charge is 0.455 e. The van der Waals surface area contributed by atoms with Crippen molar-refractivity contribution in [2.45, 2.75) is 12.4 Å². The zero-order chi connectivity index (χ0) is 13.0. The van der Waals surface area contributed by atoms with Gasteiger partial charge in [0.1, 0.15) is 13.2 Å². The lowest BCUT2D eigenvalue weighted by atomic mass is 10.6. The van der Waals surface area contributed by atoms with Crippen LogP contribution in [-0.2, 0) is 19.1 Å². The third-order valence-electron chi connectivity index (χ3n) is 1.01. The second kappa shape index (κ2) is 5.03. The minimum atomic E-state index is -5.24. The van der Waals surface area contributed by atoms with Gasteiger partial charge in [0.25, 0.3) is 0 Å². The lowest BCUT2D eigenvalue weighted by molar-refractivity contribution is -0.207. The summed E-state index contributed by atoms with van der Waals surface area (Å²) in [4.78, 5) is 20.0. The number of alkyl halides is 6. The highest BCUT2D eigenvalue weighted by atomic mass is 19.4. The standard InChI is InChI=1S/C6H4F6O4/c7-5(8,9)3(13)15-1-2-16-4(14)6(10,11)12/h1-2H2. The monoisotopic (exact) mass is 254 g/mol. The van der Waals surface area contributed by atoms with E-state index in [4.69, 9.17) is 0 Å². The van der Waals surface area contributed by atoms with Crippen LogP contribution in [0.15, 0.2) is 0 Å². The van der Waals surface area contributed by atoms with Crippen molar-refractivity contribution in [2.24, 2.45) is 0 Å². The van der Waals surface area contributed by atoms with Gasteiger partial charge < -0.3 is 9.47 Å². The van der Waals surface area contributed by atoms with Gasteiger partial charge in [-0.05, 0) is 0 Å². The van der Waals surface area contributed by atoms with Crippen LogP contribution in [0.1, 0.15) is 0 Å². The second-order valence-electron chi connectivity index (χ2n) is 2.27. The Hall–Kier alpha value is -1.48. The molecule has 0 fully saturated rings. The van der Waals surface area contributed by atoms with Crippen molar-refractivity contribution in [1.29, 1.82) is 0 Å². The van der Waals surface area contributed by atoms with Gasteiger partial charge in [0.05, 0.1) is 0 Å². The molecule has 0 aliphatic heterocycles. The van der Waals surface area contributed by atoms with E-state index in [1.807, 2.05) is 0 Å². The molecular weight excluding hydrogens is 250 g/mol. The van der Waals surface area contributed by atoms with Crippen molar-refractivity contribution in [2.75, 3.05) is 13.2 Å². The van der Waals surface area contributed by atoms with Crippen LogP contribution in [0.4, 0.5) is 26.3 Å². The van der Waals surface area contributed by atoms with Gasteiger partial charge in [0.2, 0.25) is 0 Å². The Bertz CT molecular complexity index is 239. The van der Waals surface area contributed by atoms with E-state index in [0.29, 0.717) is 0 Å². The Morgan fingerprint density at radius 3 is 1.19 bits per heavy atom.